The van der Waals surface area contributed by atoms with Crippen molar-refractivity contribution in [2.75, 3.05) is 0 Å². The molecule has 2 rings (SSSR count). The molecule has 17 heavy (non-hydrogen) atoms. The molecule has 0 atom stereocenters. The summed E-state index contributed by atoms with van der Waals surface area (Å²) in [5, 5.41) is 7.21. The van der Waals surface area contributed by atoms with Gasteiger partial charge in [0.05, 0.1) is 11.3 Å². The summed E-state index contributed by atoms with van der Waals surface area (Å²) in [5.41, 5.74) is 3.33. The highest BCUT2D eigenvalue weighted by atomic mass is 32.2. The fourth-order valence-electron chi connectivity index (χ4n) is 1.13. The van der Waals surface area contributed by atoms with E-state index in [1.54, 1.807) is 12.1 Å². The van der Waals surface area contributed by atoms with Crippen molar-refractivity contribution in [1.82, 2.24) is 25.6 Å². The molecular formula is C9H10N6OS. The highest BCUT2D eigenvalue weighted by Gasteiger charge is 2.04. The zero-order valence-electron chi connectivity index (χ0n) is 8.75. The van der Waals surface area contributed by atoms with Gasteiger partial charge in [-0.1, -0.05) is 11.8 Å². The number of nitrogens with one attached hydrogen (secondary N) is 2. The molecule has 7 nitrogen and oxygen atoms in total. The molecule has 2 aromatic heterocycles. The van der Waals surface area contributed by atoms with Gasteiger partial charge in [0.25, 0.3) is 5.91 Å². The first-order valence-electron chi connectivity index (χ1n) is 4.73. The third-order valence-electron chi connectivity index (χ3n) is 1.97. The zero-order valence-corrected chi connectivity index (χ0v) is 9.57. The van der Waals surface area contributed by atoms with Gasteiger partial charge >= 0.3 is 0 Å². The van der Waals surface area contributed by atoms with E-state index in [9.17, 15) is 4.79 Å². The predicted octanol–water partition coefficient (Wildman–Crippen LogP) is 0.0955. The van der Waals surface area contributed by atoms with Crippen LogP contribution in [0.3, 0.4) is 0 Å². The fraction of sp³-hybridized carbons (Fsp3) is 0.111. The number of H-pyrrole nitrogens is 1. The highest BCUT2D eigenvalue weighted by molar-refractivity contribution is 7.98. The minimum Gasteiger partial charge on any atom is -0.290 e. The second kappa shape index (κ2) is 5.41. The summed E-state index contributed by atoms with van der Waals surface area (Å²) in [5.74, 6) is 5.31. The third kappa shape index (κ3) is 3.02. The van der Waals surface area contributed by atoms with E-state index in [1.807, 2.05) is 5.43 Å². The summed E-state index contributed by atoms with van der Waals surface area (Å²) < 4.78 is 0. The maximum Gasteiger partial charge on any atom is 0.266 e. The molecule has 0 aliphatic rings. The van der Waals surface area contributed by atoms with E-state index in [-0.39, 0.29) is 5.91 Å². The van der Waals surface area contributed by atoms with Crippen LogP contribution in [0.2, 0.25) is 0 Å². The van der Waals surface area contributed by atoms with Gasteiger partial charge in [-0.3, -0.25) is 20.3 Å². The summed E-state index contributed by atoms with van der Waals surface area (Å²) in [6.45, 7) is 0. The van der Waals surface area contributed by atoms with Gasteiger partial charge in [0.2, 0.25) is 0 Å². The Labute approximate surface area is 101 Å². The van der Waals surface area contributed by atoms with E-state index in [2.05, 4.69) is 20.2 Å². The predicted molar refractivity (Wildman–Crippen MR) is 61.8 cm³/mol. The summed E-state index contributed by atoms with van der Waals surface area (Å²) in [7, 11) is 0. The van der Waals surface area contributed by atoms with Gasteiger partial charge in [0.15, 0.2) is 5.16 Å². The first-order chi connectivity index (χ1) is 8.29. The van der Waals surface area contributed by atoms with E-state index in [0.29, 0.717) is 11.3 Å². The molecule has 0 spiro atoms. The number of nitrogens with zero attached hydrogens (tertiary/aromatic N) is 3. The van der Waals surface area contributed by atoms with Crippen LogP contribution in [0.15, 0.2) is 29.8 Å². The minimum absolute atomic E-state index is 0.355. The molecule has 0 bridgehead atoms. The third-order valence-corrected chi connectivity index (χ3v) is 2.88. The molecule has 0 fully saturated rings. The van der Waals surface area contributed by atoms with E-state index in [1.165, 1.54) is 24.3 Å². The largest absolute Gasteiger partial charge is 0.290 e. The topological polar surface area (TPSA) is 110 Å². The van der Waals surface area contributed by atoms with Crippen molar-refractivity contribution < 1.29 is 4.79 Å². The molecule has 0 aliphatic carbocycles. The number of amides is 1. The van der Waals surface area contributed by atoms with E-state index >= 15 is 0 Å². The molecule has 2 aromatic rings. The van der Waals surface area contributed by atoms with Crippen LogP contribution < -0.4 is 11.3 Å². The number of nitrogen functional groups attached to an aromatic ring is 1. The molecule has 0 saturated heterocycles. The van der Waals surface area contributed by atoms with Crippen LogP contribution in [0, 0.1) is 0 Å². The quantitative estimate of drug-likeness (QED) is 0.307. The number of carbonyl (C=O) groups excluding carboxylic acids is 1. The van der Waals surface area contributed by atoms with Crippen LogP contribution >= 0.6 is 11.8 Å². The molecule has 1 amide bonds. The van der Waals surface area contributed by atoms with E-state index in [0.717, 1.165) is 10.9 Å². The lowest BCUT2D eigenvalue weighted by Gasteiger charge is -2.01. The Hall–Kier alpha value is -1.93. The number of aromatic nitrogens is 4. The molecule has 4 N–H and O–H groups in total. The van der Waals surface area contributed by atoms with Crippen LogP contribution in [0.1, 0.15) is 16.1 Å². The number of pyridine rings is 1. The zero-order chi connectivity index (χ0) is 12.1. The molecule has 8 heteroatoms. The average Bonchev–Trinajstić information content (AvgIpc) is 2.89. The summed E-state index contributed by atoms with van der Waals surface area (Å²) in [6, 6.07) is 3.44. The normalized spacial score (nSPS) is 10.2. The van der Waals surface area contributed by atoms with Gasteiger partial charge in [-0.2, -0.15) is 5.10 Å². The number of aromatic amines is 1. The first-order valence-corrected chi connectivity index (χ1v) is 5.72. The Morgan fingerprint density at radius 3 is 2.94 bits per heavy atom. The number of nitrogens with two attached hydrogens (primary N) is 1. The Morgan fingerprint density at radius 2 is 2.35 bits per heavy atom. The maximum atomic E-state index is 11.2. The van der Waals surface area contributed by atoms with Crippen molar-refractivity contribution in [2.24, 2.45) is 5.84 Å². The standard InChI is InChI=1S/C9H10N6OS/c10-14-8(16)6-1-2-7(11-3-6)4-17-9-12-5-13-15-9/h1-3,5H,4,10H2,(H,14,16)(H,12,13,15). The Morgan fingerprint density at radius 1 is 1.47 bits per heavy atom. The van der Waals surface area contributed by atoms with Crippen molar-refractivity contribution >= 4 is 17.7 Å². The fourth-order valence-corrected chi connectivity index (χ4v) is 1.83. The number of carbonyl (C=O) groups is 1. The van der Waals surface area contributed by atoms with E-state index in [4.69, 9.17) is 5.84 Å². The summed E-state index contributed by atoms with van der Waals surface area (Å²) in [4.78, 5) is 19.3. The Kier molecular flexibility index (Phi) is 3.68. The van der Waals surface area contributed by atoms with Crippen molar-refractivity contribution in [3.8, 4) is 0 Å². The lowest BCUT2D eigenvalue weighted by molar-refractivity contribution is 0.0953. The highest BCUT2D eigenvalue weighted by Crippen LogP contribution is 2.16. The molecule has 0 aliphatic heterocycles. The number of hydrazine groups is 1. The molecule has 0 aromatic carbocycles. The van der Waals surface area contributed by atoms with Crippen molar-refractivity contribution in [3.05, 3.63) is 35.9 Å². The van der Waals surface area contributed by atoms with Gasteiger partial charge in [-0.15, -0.1) is 0 Å². The number of hydrogen-bond acceptors (Lipinski definition) is 6. The minimum atomic E-state index is -0.355. The Bertz CT molecular complexity index is 483. The van der Waals surface area contributed by atoms with Gasteiger partial charge < -0.3 is 0 Å². The molecule has 88 valence electrons. The van der Waals surface area contributed by atoms with Crippen molar-refractivity contribution in [1.29, 1.82) is 0 Å². The number of thioether (sulfide) groups is 1. The summed E-state index contributed by atoms with van der Waals surface area (Å²) >= 11 is 1.48. The van der Waals surface area contributed by atoms with Gasteiger partial charge in [-0.25, -0.2) is 10.8 Å². The first kappa shape index (κ1) is 11.6. The van der Waals surface area contributed by atoms with Gasteiger partial charge in [0, 0.05) is 11.9 Å². The van der Waals surface area contributed by atoms with Gasteiger partial charge in [-0.05, 0) is 12.1 Å². The number of hydrogen-bond donors (Lipinski definition) is 3. The van der Waals surface area contributed by atoms with Crippen molar-refractivity contribution in [2.45, 2.75) is 10.9 Å². The smallest absolute Gasteiger partial charge is 0.266 e. The van der Waals surface area contributed by atoms with Crippen molar-refractivity contribution in [3.63, 3.8) is 0 Å². The number of rotatable bonds is 4. The Balaban J connectivity index is 1.96. The monoisotopic (exact) mass is 250 g/mol. The molecule has 0 saturated carbocycles. The molecule has 2 heterocycles. The van der Waals surface area contributed by atoms with E-state index < -0.39 is 0 Å². The average molecular weight is 250 g/mol. The van der Waals surface area contributed by atoms with Crippen LogP contribution in [0.25, 0.3) is 0 Å². The second-order valence-electron chi connectivity index (χ2n) is 3.09. The second-order valence-corrected chi connectivity index (χ2v) is 4.06. The molecule has 0 radical (unpaired) electrons. The van der Waals surface area contributed by atoms with Gasteiger partial charge in [0.1, 0.15) is 6.33 Å². The lowest BCUT2D eigenvalue weighted by Crippen LogP contribution is -2.30. The SMILES string of the molecule is NNC(=O)c1ccc(CSc2ncn[nH]2)nc1. The maximum absolute atomic E-state index is 11.2. The van der Waals surface area contributed by atoms with Crippen LogP contribution in [0.4, 0.5) is 0 Å². The van der Waals surface area contributed by atoms with Crippen LogP contribution in [0.5, 0.6) is 0 Å². The molecule has 0 unspecified atom stereocenters. The van der Waals surface area contributed by atoms with Crippen LogP contribution in [-0.4, -0.2) is 26.1 Å². The molecular weight excluding hydrogens is 240 g/mol. The summed E-state index contributed by atoms with van der Waals surface area (Å²) in [6.07, 6.45) is 2.93. The lowest BCUT2D eigenvalue weighted by atomic mass is 10.2. The van der Waals surface area contributed by atoms with Crippen LogP contribution in [-0.2, 0) is 5.75 Å².